The van der Waals surface area contributed by atoms with Gasteiger partial charge in [-0.2, -0.15) is 0 Å². The molecule has 0 saturated carbocycles. The Morgan fingerprint density at radius 2 is 1.63 bits per heavy atom. The lowest BCUT2D eigenvalue weighted by Crippen LogP contribution is -2.23. The van der Waals surface area contributed by atoms with Gasteiger partial charge in [-0.05, 0) is 54.1 Å². The molecule has 0 spiro atoms. The topological polar surface area (TPSA) is 114 Å². The minimum Gasteiger partial charge on any atom is -0.465 e. The van der Waals surface area contributed by atoms with Crippen LogP contribution in [0.15, 0.2) is 78.0 Å². The molecule has 154 valence electrons. The predicted octanol–water partition coefficient (Wildman–Crippen LogP) is 2.60. The van der Waals surface area contributed by atoms with Gasteiger partial charge in [0, 0.05) is 18.3 Å². The number of hydrogen-bond donors (Lipinski definition) is 2. The zero-order valence-corrected chi connectivity index (χ0v) is 16.8. The van der Waals surface area contributed by atoms with Crippen LogP contribution in [0.1, 0.15) is 26.3 Å². The average molecular weight is 425 g/mol. The van der Waals surface area contributed by atoms with Crippen molar-refractivity contribution in [2.75, 3.05) is 12.4 Å². The first-order valence-corrected chi connectivity index (χ1v) is 10.4. The summed E-state index contributed by atoms with van der Waals surface area (Å²) in [5.41, 5.74) is 1.96. The summed E-state index contributed by atoms with van der Waals surface area (Å²) in [7, 11) is -2.51. The second-order valence-electron chi connectivity index (χ2n) is 6.23. The number of anilines is 1. The van der Waals surface area contributed by atoms with Gasteiger partial charge in [0.25, 0.3) is 5.91 Å². The number of aromatic nitrogens is 1. The van der Waals surface area contributed by atoms with Crippen molar-refractivity contribution in [3.63, 3.8) is 0 Å². The fourth-order valence-corrected chi connectivity index (χ4v) is 3.58. The smallest absolute Gasteiger partial charge is 0.337 e. The summed E-state index contributed by atoms with van der Waals surface area (Å²) >= 11 is 0. The molecule has 0 aliphatic heterocycles. The van der Waals surface area contributed by atoms with Gasteiger partial charge in [-0.25, -0.2) is 17.9 Å². The largest absolute Gasteiger partial charge is 0.465 e. The molecule has 0 saturated heterocycles. The molecular formula is C21H19N3O5S. The van der Waals surface area contributed by atoms with Crippen LogP contribution in [0.2, 0.25) is 0 Å². The van der Waals surface area contributed by atoms with Crippen molar-refractivity contribution in [3.8, 4) is 0 Å². The Kier molecular flexibility index (Phi) is 6.55. The standard InChI is InChI=1S/C21H19N3O5S/c1-29-21(26)17-8-10-19(11-9-17)30(27,28)23-13-15-4-6-16(7-5-15)20(25)24-18-3-2-12-22-14-18/h2-12,14,23H,13H2,1H3,(H,24,25). The zero-order chi connectivity index (χ0) is 21.6. The maximum absolute atomic E-state index is 12.4. The molecule has 2 aromatic carbocycles. The number of nitrogens with one attached hydrogen (secondary N) is 2. The molecular weight excluding hydrogens is 406 g/mol. The molecule has 0 atom stereocenters. The Labute approximate surface area is 174 Å². The zero-order valence-electron chi connectivity index (χ0n) is 16.0. The third kappa shape index (κ3) is 5.28. The second-order valence-corrected chi connectivity index (χ2v) is 8.00. The van der Waals surface area contributed by atoms with Crippen molar-refractivity contribution in [3.05, 3.63) is 89.7 Å². The van der Waals surface area contributed by atoms with E-state index in [1.807, 2.05) is 0 Å². The Morgan fingerprint density at radius 3 is 2.23 bits per heavy atom. The van der Waals surface area contributed by atoms with E-state index in [0.29, 0.717) is 16.8 Å². The summed E-state index contributed by atoms with van der Waals surface area (Å²) in [6, 6.07) is 15.4. The number of amides is 1. The lowest BCUT2D eigenvalue weighted by molar-refractivity contribution is 0.0600. The Balaban J connectivity index is 1.61. The Morgan fingerprint density at radius 1 is 0.967 bits per heavy atom. The number of ether oxygens (including phenoxy) is 1. The lowest BCUT2D eigenvalue weighted by atomic mass is 10.1. The Bertz CT molecular complexity index is 1130. The number of sulfonamides is 1. The van der Waals surface area contributed by atoms with Crippen LogP contribution in [0.4, 0.5) is 5.69 Å². The van der Waals surface area contributed by atoms with E-state index in [9.17, 15) is 18.0 Å². The summed E-state index contributed by atoms with van der Waals surface area (Å²) in [6.45, 7) is 0.0472. The van der Waals surface area contributed by atoms with Crippen LogP contribution in [0.5, 0.6) is 0 Å². The fraction of sp³-hybridized carbons (Fsp3) is 0.0952. The molecule has 3 aromatic rings. The van der Waals surface area contributed by atoms with E-state index in [-0.39, 0.29) is 22.9 Å². The third-order valence-electron chi connectivity index (χ3n) is 4.19. The molecule has 3 rings (SSSR count). The number of carbonyl (C=O) groups excluding carboxylic acids is 2. The molecule has 0 unspecified atom stereocenters. The number of pyridine rings is 1. The van der Waals surface area contributed by atoms with Crippen LogP contribution in [0.25, 0.3) is 0 Å². The summed E-state index contributed by atoms with van der Waals surface area (Å²) in [4.78, 5) is 27.6. The number of nitrogens with zero attached hydrogens (tertiary/aromatic N) is 1. The molecule has 0 bridgehead atoms. The highest BCUT2D eigenvalue weighted by atomic mass is 32.2. The second kappa shape index (κ2) is 9.29. The number of rotatable bonds is 7. The first kappa shape index (κ1) is 21.2. The van der Waals surface area contributed by atoms with Crippen molar-refractivity contribution < 1.29 is 22.7 Å². The summed E-state index contributed by atoms with van der Waals surface area (Å²) < 4.78 is 32.0. The van der Waals surface area contributed by atoms with E-state index in [1.54, 1.807) is 48.8 Å². The maximum atomic E-state index is 12.4. The molecule has 0 aliphatic rings. The van der Waals surface area contributed by atoms with Crippen LogP contribution in [-0.4, -0.2) is 32.4 Å². The quantitative estimate of drug-likeness (QED) is 0.563. The minimum atomic E-state index is -3.76. The molecule has 30 heavy (non-hydrogen) atoms. The first-order valence-electron chi connectivity index (χ1n) is 8.87. The van der Waals surface area contributed by atoms with Gasteiger partial charge in [-0.15, -0.1) is 0 Å². The highest BCUT2D eigenvalue weighted by molar-refractivity contribution is 7.89. The SMILES string of the molecule is COC(=O)c1ccc(S(=O)(=O)NCc2ccc(C(=O)Nc3cccnc3)cc2)cc1. The van der Waals surface area contributed by atoms with Crippen molar-refractivity contribution in [1.29, 1.82) is 0 Å². The van der Waals surface area contributed by atoms with Gasteiger partial charge in [0.05, 0.1) is 29.5 Å². The van der Waals surface area contributed by atoms with E-state index in [2.05, 4.69) is 19.8 Å². The summed E-state index contributed by atoms with van der Waals surface area (Å²) in [5, 5.41) is 2.73. The maximum Gasteiger partial charge on any atom is 0.337 e. The van der Waals surface area contributed by atoms with E-state index in [0.717, 1.165) is 0 Å². The number of hydrogen-bond acceptors (Lipinski definition) is 6. The number of methoxy groups -OCH3 is 1. The molecule has 2 N–H and O–H groups in total. The van der Waals surface area contributed by atoms with Crippen LogP contribution < -0.4 is 10.0 Å². The van der Waals surface area contributed by atoms with Gasteiger partial charge in [0.15, 0.2) is 0 Å². The van der Waals surface area contributed by atoms with Crippen molar-refractivity contribution in [1.82, 2.24) is 9.71 Å². The first-order chi connectivity index (χ1) is 14.4. The molecule has 9 heteroatoms. The van der Waals surface area contributed by atoms with Crippen molar-refractivity contribution in [2.45, 2.75) is 11.4 Å². The molecule has 8 nitrogen and oxygen atoms in total. The Hall–Kier alpha value is -3.56. The predicted molar refractivity (Wildman–Crippen MR) is 110 cm³/mol. The molecule has 0 fully saturated rings. The summed E-state index contributed by atoms with van der Waals surface area (Å²) in [6.07, 6.45) is 3.15. The van der Waals surface area contributed by atoms with E-state index in [4.69, 9.17) is 0 Å². The number of esters is 1. The monoisotopic (exact) mass is 425 g/mol. The van der Waals surface area contributed by atoms with Gasteiger partial charge >= 0.3 is 5.97 Å². The van der Waals surface area contributed by atoms with Crippen LogP contribution in [0.3, 0.4) is 0 Å². The third-order valence-corrected chi connectivity index (χ3v) is 5.60. The van der Waals surface area contributed by atoms with E-state index >= 15 is 0 Å². The van der Waals surface area contributed by atoms with Crippen molar-refractivity contribution >= 4 is 27.6 Å². The average Bonchev–Trinajstić information content (AvgIpc) is 2.78. The highest BCUT2D eigenvalue weighted by Gasteiger charge is 2.15. The van der Waals surface area contributed by atoms with Crippen molar-refractivity contribution in [2.24, 2.45) is 0 Å². The highest BCUT2D eigenvalue weighted by Crippen LogP contribution is 2.13. The van der Waals surface area contributed by atoms with Crippen LogP contribution in [-0.2, 0) is 21.3 Å². The van der Waals surface area contributed by atoms with Crippen LogP contribution >= 0.6 is 0 Å². The molecule has 1 heterocycles. The minimum absolute atomic E-state index is 0.0302. The number of benzene rings is 2. The van der Waals surface area contributed by atoms with E-state index in [1.165, 1.54) is 31.4 Å². The van der Waals surface area contributed by atoms with Gasteiger partial charge in [-0.1, -0.05) is 12.1 Å². The molecule has 0 aliphatic carbocycles. The van der Waals surface area contributed by atoms with Gasteiger partial charge < -0.3 is 10.1 Å². The fourth-order valence-electron chi connectivity index (χ4n) is 2.56. The van der Waals surface area contributed by atoms with Gasteiger partial charge in [0.2, 0.25) is 10.0 Å². The van der Waals surface area contributed by atoms with Gasteiger partial charge in [-0.3, -0.25) is 9.78 Å². The molecule has 1 amide bonds. The molecule has 0 radical (unpaired) electrons. The molecule has 1 aromatic heterocycles. The summed E-state index contributed by atoms with van der Waals surface area (Å²) in [5.74, 6) is -0.833. The normalized spacial score (nSPS) is 11.0. The van der Waals surface area contributed by atoms with Crippen LogP contribution in [0, 0.1) is 0 Å². The van der Waals surface area contributed by atoms with E-state index < -0.39 is 16.0 Å². The van der Waals surface area contributed by atoms with Gasteiger partial charge in [0.1, 0.15) is 0 Å². The lowest BCUT2D eigenvalue weighted by Gasteiger charge is -2.09. The number of carbonyl (C=O) groups is 2.